The fourth-order valence-electron chi connectivity index (χ4n) is 1.55. The molecule has 1 amide bonds. The predicted molar refractivity (Wildman–Crippen MR) is 80.4 cm³/mol. The minimum absolute atomic E-state index is 0.0278. The van der Waals surface area contributed by atoms with Crippen LogP contribution in [0.25, 0.3) is 0 Å². The number of hydrogen-bond donors (Lipinski definition) is 1. The Bertz CT molecular complexity index is 368. The SMILES string of the molecule is COCCNC(=O)CN(C)Cc1ccc(I)cc1. The van der Waals surface area contributed by atoms with Crippen molar-refractivity contribution in [2.24, 2.45) is 0 Å². The zero-order valence-corrected chi connectivity index (χ0v) is 12.9. The van der Waals surface area contributed by atoms with Crippen LogP contribution in [0, 0.1) is 3.57 Å². The van der Waals surface area contributed by atoms with Crippen LogP contribution >= 0.6 is 22.6 Å². The molecule has 0 saturated carbocycles. The van der Waals surface area contributed by atoms with Gasteiger partial charge in [0.1, 0.15) is 0 Å². The molecule has 0 unspecified atom stereocenters. The molecule has 1 aromatic carbocycles. The van der Waals surface area contributed by atoms with E-state index in [1.807, 2.05) is 11.9 Å². The lowest BCUT2D eigenvalue weighted by Crippen LogP contribution is -2.36. The van der Waals surface area contributed by atoms with Gasteiger partial charge >= 0.3 is 0 Å². The van der Waals surface area contributed by atoms with Crippen LogP contribution in [-0.4, -0.2) is 44.7 Å². The topological polar surface area (TPSA) is 41.6 Å². The molecule has 4 nitrogen and oxygen atoms in total. The van der Waals surface area contributed by atoms with Crippen molar-refractivity contribution in [3.63, 3.8) is 0 Å². The van der Waals surface area contributed by atoms with E-state index >= 15 is 0 Å². The van der Waals surface area contributed by atoms with Gasteiger partial charge in [-0.1, -0.05) is 12.1 Å². The number of halogens is 1. The molecule has 1 aromatic rings. The highest BCUT2D eigenvalue weighted by Crippen LogP contribution is 2.08. The first-order valence-corrected chi connectivity index (χ1v) is 6.88. The fraction of sp³-hybridized carbons (Fsp3) is 0.462. The zero-order chi connectivity index (χ0) is 13.4. The summed E-state index contributed by atoms with van der Waals surface area (Å²) >= 11 is 2.28. The predicted octanol–water partition coefficient (Wildman–Crippen LogP) is 1.49. The summed E-state index contributed by atoms with van der Waals surface area (Å²) in [7, 11) is 3.56. The Morgan fingerprint density at radius 2 is 2.06 bits per heavy atom. The molecule has 0 bridgehead atoms. The van der Waals surface area contributed by atoms with Crippen molar-refractivity contribution >= 4 is 28.5 Å². The van der Waals surface area contributed by atoms with Crippen LogP contribution in [0.3, 0.4) is 0 Å². The molecule has 0 fully saturated rings. The van der Waals surface area contributed by atoms with E-state index in [9.17, 15) is 4.79 Å². The van der Waals surface area contributed by atoms with Gasteiger partial charge in [0.25, 0.3) is 0 Å². The molecular formula is C13H19IN2O2. The summed E-state index contributed by atoms with van der Waals surface area (Å²) < 4.78 is 6.09. The number of benzene rings is 1. The van der Waals surface area contributed by atoms with Crippen molar-refractivity contribution in [3.8, 4) is 0 Å². The van der Waals surface area contributed by atoms with Crippen LogP contribution in [0.2, 0.25) is 0 Å². The zero-order valence-electron chi connectivity index (χ0n) is 10.8. The summed E-state index contributed by atoms with van der Waals surface area (Å²) in [5.41, 5.74) is 1.21. The van der Waals surface area contributed by atoms with E-state index in [0.29, 0.717) is 19.7 Å². The molecule has 0 aliphatic heterocycles. The van der Waals surface area contributed by atoms with Gasteiger partial charge in [-0.15, -0.1) is 0 Å². The molecule has 1 N–H and O–H groups in total. The fourth-order valence-corrected chi connectivity index (χ4v) is 1.91. The maximum absolute atomic E-state index is 11.6. The smallest absolute Gasteiger partial charge is 0.234 e. The number of methoxy groups -OCH3 is 1. The van der Waals surface area contributed by atoms with Gasteiger partial charge in [0.05, 0.1) is 13.2 Å². The molecule has 0 radical (unpaired) electrons. The van der Waals surface area contributed by atoms with E-state index in [1.54, 1.807) is 7.11 Å². The quantitative estimate of drug-likeness (QED) is 0.590. The summed E-state index contributed by atoms with van der Waals surface area (Å²) in [5, 5.41) is 2.80. The van der Waals surface area contributed by atoms with Gasteiger partial charge in [-0.2, -0.15) is 0 Å². The largest absolute Gasteiger partial charge is 0.383 e. The van der Waals surface area contributed by atoms with Crippen molar-refractivity contribution in [1.29, 1.82) is 0 Å². The van der Waals surface area contributed by atoms with Crippen LogP contribution in [0.1, 0.15) is 5.56 Å². The molecule has 18 heavy (non-hydrogen) atoms. The summed E-state index contributed by atoms with van der Waals surface area (Å²) in [6.07, 6.45) is 0. The Morgan fingerprint density at radius 1 is 1.39 bits per heavy atom. The van der Waals surface area contributed by atoms with E-state index in [4.69, 9.17) is 4.74 Å². The maximum Gasteiger partial charge on any atom is 0.234 e. The lowest BCUT2D eigenvalue weighted by Gasteiger charge is -2.16. The summed E-state index contributed by atoms with van der Waals surface area (Å²) in [4.78, 5) is 13.6. The van der Waals surface area contributed by atoms with Crippen LogP contribution < -0.4 is 5.32 Å². The molecule has 0 aromatic heterocycles. The van der Waals surface area contributed by atoms with E-state index < -0.39 is 0 Å². The second-order valence-electron chi connectivity index (χ2n) is 4.14. The molecule has 0 aliphatic carbocycles. The lowest BCUT2D eigenvalue weighted by atomic mass is 10.2. The minimum atomic E-state index is 0.0278. The number of likely N-dealkylation sites (N-methyl/N-ethyl adjacent to an activating group) is 1. The van der Waals surface area contributed by atoms with Crippen molar-refractivity contribution in [2.75, 3.05) is 33.9 Å². The first-order valence-electron chi connectivity index (χ1n) is 5.80. The number of nitrogens with one attached hydrogen (secondary N) is 1. The molecule has 1 rings (SSSR count). The van der Waals surface area contributed by atoms with Gasteiger partial charge in [-0.3, -0.25) is 9.69 Å². The van der Waals surface area contributed by atoms with Gasteiger partial charge in [0.2, 0.25) is 5.91 Å². The van der Waals surface area contributed by atoms with Crippen LogP contribution in [-0.2, 0) is 16.1 Å². The molecule has 100 valence electrons. The lowest BCUT2D eigenvalue weighted by molar-refractivity contribution is -0.122. The molecule has 0 spiro atoms. The molecule has 5 heteroatoms. The summed E-state index contributed by atoms with van der Waals surface area (Å²) in [6.45, 7) is 2.28. The van der Waals surface area contributed by atoms with Gasteiger partial charge in [-0.05, 0) is 47.3 Å². The third-order valence-corrected chi connectivity index (χ3v) is 3.13. The van der Waals surface area contributed by atoms with Crippen molar-refractivity contribution in [2.45, 2.75) is 6.54 Å². The average molecular weight is 362 g/mol. The Kier molecular flexibility index (Phi) is 7.22. The Hall–Kier alpha value is -0.660. The average Bonchev–Trinajstić information content (AvgIpc) is 2.32. The Labute approximate surface area is 122 Å². The third-order valence-electron chi connectivity index (χ3n) is 2.41. The molecule has 0 heterocycles. The molecular weight excluding hydrogens is 343 g/mol. The number of nitrogens with zero attached hydrogens (tertiary/aromatic N) is 1. The number of rotatable bonds is 7. The van der Waals surface area contributed by atoms with Crippen molar-refractivity contribution in [3.05, 3.63) is 33.4 Å². The van der Waals surface area contributed by atoms with Crippen LogP contribution in [0.4, 0.5) is 0 Å². The first kappa shape index (κ1) is 15.4. The van der Waals surface area contributed by atoms with E-state index in [1.165, 1.54) is 9.13 Å². The van der Waals surface area contributed by atoms with Crippen molar-refractivity contribution in [1.82, 2.24) is 10.2 Å². The van der Waals surface area contributed by atoms with Gasteiger partial charge in [0, 0.05) is 23.8 Å². The van der Waals surface area contributed by atoms with Crippen molar-refractivity contribution < 1.29 is 9.53 Å². The molecule has 0 atom stereocenters. The maximum atomic E-state index is 11.6. The highest BCUT2D eigenvalue weighted by Gasteiger charge is 2.06. The molecule has 0 aliphatic rings. The molecule has 0 saturated heterocycles. The summed E-state index contributed by atoms with van der Waals surface area (Å²) in [5.74, 6) is 0.0278. The summed E-state index contributed by atoms with van der Waals surface area (Å²) in [6, 6.07) is 8.31. The standard InChI is InChI=1S/C13H19IN2O2/c1-16(10-13(17)15-7-8-18-2)9-11-3-5-12(14)6-4-11/h3-6H,7-10H2,1-2H3,(H,15,17). The van der Waals surface area contributed by atoms with Gasteiger partial charge < -0.3 is 10.1 Å². The van der Waals surface area contributed by atoms with E-state index in [2.05, 4.69) is 52.2 Å². The normalized spacial score (nSPS) is 10.7. The van der Waals surface area contributed by atoms with Gasteiger partial charge in [-0.25, -0.2) is 0 Å². The Morgan fingerprint density at radius 3 is 2.67 bits per heavy atom. The van der Waals surface area contributed by atoms with Crippen LogP contribution in [0.5, 0.6) is 0 Å². The van der Waals surface area contributed by atoms with E-state index in [-0.39, 0.29) is 5.91 Å². The van der Waals surface area contributed by atoms with Gasteiger partial charge in [0.15, 0.2) is 0 Å². The highest BCUT2D eigenvalue weighted by atomic mass is 127. The Balaban J connectivity index is 2.30. The number of carbonyl (C=O) groups excluding carboxylic acids is 1. The second-order valence-corrected chi connectivity index (χ2v) is 5.39. The number of ether oxygens (including phenoxy) is 1. The third kappa shape index (κ3) is 6.32. The first-order chi connectivity index (χ1) is 8.61. The van der Waals surface area contributed by atoms with E-state index in [0.717, 1.165) is 6.54 Å². The number of carbonyl (C=O) groups is 1. The monoisotopic (exact) mass is 362 g/mol. The minimum Gasteiger partial charge on any atom is -0.383 e. The number of hydrogen-bond acceptors (Lipinski definition) is 3. The number of amides is 1. The highest BCUT2D eigenvalue weighted by molar-refractivity contribution is 14.1. The second kappa shape index (κ2) is 8.44. The van der Waals surface area contributed by atoms with Crippen LogP contribution in [0.15, 0.2) is 24.3 Å².